The molecule has 1 aromatic rings. The first-order chi connectivity index (χ1) is 14.2. The molecule has 0 atom stereocenters. The molecule has 4 rings (SSSR count). The summed E-state index contributed by atoms with van der Waals surface area (Å²) in [6.45, 7) is 7.33. The molecule has 3 saturated heterocycles. The fourth-order valence-corrected chi connectivity index (χ4v) is 18.2. The number of benzene rings is 1. The normalized spacial score (nSPS) is 25.7. The van der Waals surface area contributed by atoms with Crippen molar-refractivity contribution in [3.8, 4) is 0 Å². The van der Waals surface area contributed by atoms with Crippen LogP contribution >= 0.6 is 21.6 Å². The van der Waals surface area contributed by atoms with Crippen LogP contribution in [0.25, 0.3) is 0 Å². The molecule has 0 unspecified atom stereocenters. The molecule has 12 heteroatoms. The molecular formula is C18H34O6S2Si4. The maximum absolute atomic E-state index is 6.22. The molecular weight excluding hydrogens is 489 g/mol. The molecule has 0 amide bonds. The summed E-state index contributed by atoms with van der Waals surface area (Å²) in [5.74, 6) is 2.38. The third kappa shape index (κ3) is 5.54. The van der Waals surface area contributed by atoms with Crippen molar-refractivity contribution in [2.75, 3.05) is 32.8 Å². The van der Waals surface area contributed by atoms with Gasteiger partial charge in [0.05, 0.1) is 0 Å². The van der Waals surface area contributed by atoms with Crippen LogP contribution in [0.4, 0.5) is 0 Å². The van der Waals surface area contributed by atoms with E-state index < -0.39 is 34.5 Å². The van der Waals surface area contributed by atoms with Crippen molar-refractivity contribution >= 4 is 66.4 Å². The van der Waals surface area contributed by atoms with Crippen molar-refractivity contribution in [3.05, 3.63) is 24.3 Å². The Labute approximate surface area is 193 Å². The maximum atomic E-state index is 6.22. The second-order valence-electron chi connectivity index (χ2n) is 8.70. The zero-order chi connectivity index (χ0) is 21.9. The van der Waals surface area contributed by atoms with Crippen LogP contribution in [0.5, 0.6) is 0 Å². The van der Waals surface area contributed by atoms with Gasteiger partial charge in [-0.25, -0.2) is 0 Å². The van der Waals surface area contributed by atoms with Crippen molar-refractivity contribution in [3.63, 3.8) is 0 Å². The summed E-state index contributed by atoms with van der Waals surface area (Å²) in [5, 5.41) is 1.91. The number of rotatable bonds is 14. The summed E-state index contributed by atoms with van der Waals surface area (Å²) in [6.07, 6.45) is 2.43. The molecule has 0 radical (unpaired) electrons. The van der Waals surface area contributed by atoms with Gasteiger partial charge in [-0.15, -0.1) is 0 Å². The second-order valence-corrected chi connectivity index (χ2v) is 25.9. The fourth-order valence-electron chi connectivity index (χ4n) is 3.58. The van der Waals surface area contributed by atoms with Gasteiger partial charge in [-0.1, -0.05) is 71.5 Å². The predicted octanol–water partition coefficient (Wildman–Crippen LogP) is 3.43. The molecule has 170 valence electrons. The van der Waals surface area contributed by atoms with E-state index in [0.29, 0.717) is 0 Å². The highest BCUT2D eigenvalue weighted by Gasteiger charge is 2.82. The molecule has 3 aliphatic rings. The highest BCUT2D eigenvalue weighted by Crippen LogP contribution is 2.49. The van der Waals surface area contributed by atoms with E-state index in [1.165, 1.54) is 18.2 Å². The number of hydrogen-bond acceptors (Lipinski definition) is 8. The fraction of sp³-hybridized carbons (Fsp3) is 0.667. The third-order valence-corrected chi connectivity index (χ3v) is 21.3. The molecule has 0 saturated carbocycles. The quantitative estimate of drug-likeness (QED) is 0.209. The Hall–Kier alpha value is 0.548. The molecule has 3 aliphatic heterocycles. The summed E-state index contributed by atoms with van der Waals surface area (Å²) in [5.41, 5.74) is 0. The minimum atomic E-state index is -2.81. The van der Waals surface area contributed by atoms with Gasteiger partial charge in [0.25, 0.3) is 0 Å². The highest BCUT2D eigenvalue weighted by molar-refractivity contribution is 8.76. The molecule has 0 aliphatic carbocycles. The predicted molar refractivity (Wildman–Crippen MR) is 134 cm³/mol. The topological polar surface area (TPSA) is 55.4 Å². The summed E-state index contributed by atoms with van der Waals surface area (Å²) in [7, 11) is 0.229. The lowest BCUT2D eigenvalue weighted by Crippen LogP contribution is -2.92. The monoisotopic (exact) mass is 522 g/mol. The van der Waals surface area contributed by atoms with Crippen LogP contribution in [0.15, 0.2) is 24.3 Å². The van der Waals surface area contributed by atoms with Crippen molar-refractivity contribution in [1.82, 2.24) is 0 Å². The Morgan fingerprint density at radius 1 is 0.833 bits per heavy atom. The molecule has 2 bridgehead atoms. The van der Waals surface area contributed by atoms with Crippen LogP contribution in [0.2, 0.25) is 31.7 Å². The van der Waals surface area contributed by atoms with Crippen LogP contribution in [0.1, 0.15) is 12.8 Å². The summed E-state index contributed by atoms with van der Waals surface area (Å²) >= 11 is 0. The first-order valence-corrected chi connectivity index (χ1v) is 21.9. The molecule has 0 N–H and O–H groups in total. The standard InChI is InChI=1S/C18H34O6S2Si4/c1-19-29(20-2,21-3)17-9-11-18(12-10-17)30-22-28(23-30,24-30)16-8-14-26-25-13-7-15-27(4,5)6/h9-12H,7-8,13-16H2,1-6H3. The Kier molecular flexibility index (Phi) is 8.57. The van der Waals surface area contributed by atoms with E-state index >= 15 is 0 Å². The maximum Gasteiger partial charge on any atom is 0.536 e. The molecule has 3 heterocycles. The van der Waals surface area contributed by atoms with Crippen LogP contribution in [0.3, 0.4) is 0 Å². The van der Waals surface area contributed by atoms with Gasteiger partial charge in [0, 0.05) is 57.3 Å². The van der Waals surface area contributed by atoms with Crippen molar-refractivity contribution < 1.29 is 25.6 Å². The summed E-state index contributed by atoms with van der Waals surface area (Å²) in [4.78, 5) is 0. The van der Waals surface area contributed by atoms with Gasteiger partial charge in [-0.3, -0.25) is 0 Å². The van der Waals surface area contributed by atoms with E-state index in [-0.39, 0.29) is 0 Å². The van der Waals surface area contributed by atoms with Crippen LogP contribution < -0.4 is 10.4 Å². The highest BCUT2D eigenvalue weighted by atomic mass is 33.1. The van der Waals surface area contributed by atoms with Gasteiger partial charge in [-0.05, 0) is 12.8 Å². The van der Waals surface area contributed by atoms with Crippen LogP contribution in [-0.2, 0) is 25.6 Å². The summed E-state index contributed by atoms with van der Waals surface area (Å²) < 4.78 is 35.2. The molecule has 1 aromatic carbocycles. The zero-order valence-corrected chi connectivity index (χ0v) is 24.5. The van der Waals surface area contributed by atoms with E-state index in [0.717, 1.165) is 28.6 Å². The minimum absolute atomic E-state index is 0.883. The Morgan fingerprint density at radius 3 is 1.87 bits per heavy atom. The van der Waals surface area contributed by atoms with E-state index in [2.05, 4.69) is 19.6 Å². The zero-order valence-electron chi connectivity index (χ0n) is 18.8. The average Bonchev–Trinajstić information content (AvgIpc) is 2.66. The summed E-state index contributed by atoms with van der Waals surface area (Å²) in [6, 6.07) is 10.3. The van der Waals surface area contributed by atoms with Gasteiger partial charge in [0.15, 0.2) is 0 Å². The largest absolute Gasteiger partial charge is 0.536 e. The van der Waals surface area contributed by atoms with E-state index in [1.54, 1.807) is 21.3 Å². The third-order valence-electron chi connectivity index (χ3n) is 5.22. The second kappa shape index (κ2) is 10.2. The Morgan fingerprint density at radius 2 is 1.37 bits per heavy atom. The van der Waals surface area contributed by atoms with Crippen LogP contribution in [0, 0.1) is 0 Å². The van der Waals surface area contributed by atoms with Gasteiger partial charge in [-0.2, -0.15) is 0 Å². The lowest BCUT2D eigenvalue weighted by atomic mass is 10.4. The van der Waals surface area contributed by atoms with E-state index in [9.17, 15) is 0 Å². The minimum Gasteiger partial charge on any atom is -0.373 e. The van der Waals surface area contributed by atoms with Crippen LogP contribution in [-0.4, -0.2) is 67.3 Å². The van der Waals surface area contributed by atoms with Gasteiger partial charge < -0.3 is 25.6 Å². The van der Waals surface area contributed by atoms with Gasteiger partial charge >= 0.3 is 26.4 Å². The lowest BCUT2D eigenvalue weighted by Gasteiger charge is -2.63. The smallest absolute Gasteiger partial charge is 0.373 e. The average molecular weight is 523 g/mol. The van der Waals surface area contributed by atoms with Gasteiger partial charge in [0.1, 0.15) is 0 Å². The molecule has 30 heavy (non-hydrogen) atoms. The van der Waals surface area contributed by atoms with Crippen molar-refractivity contribution in [2.24, 2.45) is 0 Å². The van der Waals surface area contributed by atoms with E-state index in [4.69, 9.17) is 25.6 Å². The Balaban J connectivity index is 1.36. The first-order valence-electron chi connectivity index (χ1n) is 10.3. The van der Waals surface area contributed by atoms with Crippen molar-refractivity contribution in [2.45, 2.75) is 44.6 Å². The van der Waals surface area contributed by atoms with Crippen molar-refractivity contribution in [1.29, 1.82) is 0 Å². The number of hydrogen-bond donors (Lipinski definition) is 0. The lowest BCUT2D eigenvalue weighted by molar-refractivity contribution is -0.0207. The Bertz CT molecular complexity index is 671. The van der Waals surface area contributed by atoms with E-state index in [1.807, 2.05) is 45.9 Å². The first kappa shape index (κ1) is 25.2. The SMILES string of the molecule is CO[Si](OC)(OC)c1ccc([Si]23O[Si](CCCSSCCC[Si](C)(C)C)(O2)O3)cc1. The molecule has 0 aromatic heterocycles. The molecule has 3 fully saturated rings. The van der Waals surface area contributed by atoms with Gasteiger partial charge in [0.2, 0.25) is 0 Å². The molecule has 0 spiro atoms. The molecule has 6 nitrogen and oxygen atoms in total.